The van der Waals surface area contributed by atoms with Crippen LogP contribution in [0.1, 0.15) is 52.4 Å². The summed E-state index contributed by atoms with van der Waals surface area (Å²) in [4.78, 5) is 14.7. The third-order valence-electron chi connectivity index (χ3n) is 5.25. The summed E-state index contributed by atoms with van der Waals surface area (Å²) in [6.45, 7) is 4.13. The minimum atomic E-state index is -0.357. The van der Waals surface area contributed by atoms with E-state index in [4.69, 9.17) is 5.73 Å². The predicted octanol–water partition coefficient (Wildman–Crippen LogP) is 2.33. The summed E-state index contributed by atoms with van der Waals surface area (Å²) >= 11 is 0. The second-order valence-electron chi connectivity index (χ2n) is 6.49. The number of hydrogen-bond acceptors (Lipinski definition) is 3. The Balaban J connectivity index is 0.00000200. The molecule has 2 rings (SSSR count). The van der Waals surface area contributed by atoms with Crippen LogP contribution in [0.5, 0.6) is 0 Å². The minimum absolute atomic E-state index is 0. The maximum absolute atomic E-state index is 12.2. The van der Waals surface area contributed by atoms with Crippen LogP contribution >= 0.6 is 24.8 Å². The monoisotopic (exact) mass is 339 g/mol. The Hall–Kier alpha value is -0.0300. The Morgan fingerprint density at radius 3 is 2.29 bits per heavy atom. The first-order chi connectivity index (χ1) is 9.02. The largest absolute Gasteiger partial charge is 0.352 e. The zero-order valence-electron chi connectivity index (χ0n) is 13.4. The molecule has 2 bridgehead atoms. The van der Waals surface area contributed by atoms with Gasteiger partial charge in [-0.3, -0.25) is 4.79 Å². The fraction of sp³-hybridized carbons (Fsp3) is 0.933. The van der Waals surface area contributed by atoms with Gasteiger partial charge in [0.1, 0.15) is 0 Å². The van der Waals surface area contributed by atoms with Crippen molar-refractivity contribution in [3.63, 3.8) is 0 Å². The van der Waals surface area contributed by atoms with Crippen LogP contribution in [0.3, 0.4) is 0 Å². The van der Waals surface area contributed by atoms with Gasteiger partial charge < -0.3 is 16.0 Å². The lowest BCUT2D eigenvalue weighted by Gasteiger charge is -2.47. The summed E-state index contributed by atoms with van der Waals surface area (Å²) in [5.74, 6) is 0.299. The van der Waals surface area contributed by atoms with E-state index in [9.17, 15) is 4.79 Å². The first kappa shape index (κ1) is 21.0. The van der Waals surface area contributed by atoms with Crippen LogP contribution in [0.25, 0.3) is 0 Å². The number of hydrogen-bond donors (Lipinski definition) is 2. The third kappa shape index (κ3) is 4.98. The van der Waals surface area contributed by atoms with Crippen LogP contribution < -0.4 is 11.1 Å². The van der Waals surface area contributed by atoms with Crippen molar-refractivity contribution in [1.82, 2.24) is 10.2 Å². The van der Waals surface area contributed by atoms with Gasteiger partial charge in [-0.05, 0) is 38.6 Å². The van der Waals surface area contributed by atoms with Gasteiger partial charge in [0.2, 0.25) is 5.91 Å². The maximum atomic E-state index is 12.2. The standard InChI is InChI=1S/C15H29N3O.2ClH/c1-4-10(2)14(16)15(19)17-11-8-12-6-5-7-13(9-11)18(12)3;;/h10-14H,4-9,16H2,1-3H3,(H,17,19);2*1H. The molecule has 1 amide bonds. The summed E-state index contributed by atoms with van der Waals surface area (Å²) in [6.07, 6.45) is 7.02. The minimum Gasteiger partial charge on any atom is -0.352 e. The van der Waals surface area contributed by atoms with Crippen LogP contribution in [-0.2, 0) is 4.79 Å². The number of nitrogens with one attached hydrogen (secondary N) is 1. The SMILES string of the molecule is CCC(C)C(N)C(=O)NC1CC2CCCC(C1)N2C.Cl.Cl. The number of nitrogens with two attached hydrogens (primary N) is 1. The molecule has 2 saturated heterocycles. The van der Waals surface area contributed by atoms with Gasteiger partial charge in [-0.2, -0.15) is 0 Å². The lowest BCUT2D eigenvalue weighted by Crippen LogP contribution is -2.57. The molecule has 2 heterocycles. The van der Waals surface area contributed by atoms with Crippen LogP contribution in [-0.4, -0.2) is 42.0 Å². The van der Waals surface area contributed by atoms with Crippen molar-refractivity contribution in [2.45, 2.75) is 76.5 Å². The number of fused-ring (bicyclic) bond motifs is 2. The lowest BCUT2D eigenvalue weighted by molar-refractivity contribution is -0.124. The molecule has 0 aromatic rings. The highest BCUT2D eigenvalue weighted by atomic mass is 35.5. The molecular formula is C15H31Cl2N3O. The molecule has 2 aliphatic rings. The van der Waals surface area contributed by atoms with E-state index in [1.54, 1.807) is 0 Å². The molecule has 3 N–H and O–H groups in total. The van der Waals surface area contributed by atoms with Gasteiger partial charge >= 0.3 is 0 Å². The van der Waals surface area contributed by atoms with Crippen molar-refractivity contribution in [1.29, 1.82) is 0 Å². The second-order valence-corrected chi connectivity index (χ2v) is 6.49. The maximum Gasteiger partial charge on any atom is 0.237 e. The fourth-order valence-corrected chi connectivity index (χ4v) is 3.54. The van der Waals surface area contributed by atoms with Gasteiger partial charge in [-0.1, -0.05) is 26.7 Å². The normalized spacial score (nSPS) is 31.3. The van der Waals surface area contributed by atoms with Crippen molar-refractivity contribution in [2.24, 2.45) is 11.7 Å². The number of piperidine rings is 2. The number of halogens is 2. The number of amides is 1. The molecule has 0 aromatic carbocycles. The Labute approximate surface area is 141 Å². The van der Waals surface area contributed by atoms with Gasteiger partial charge in [0.15, 0.2) is 0 Å². The van der Waals surface area contributed by atoms with Crippen LogP contribution in [0.4, 0.5) is 0 Å². The van der Waals surface area contributed by atoms with Crippen molar-refractivity contribution < 1.29 is 4.79 Å². The summed E-state index contributed by atoms with van der Waals surface area (Å²) in [7, 11) is 2.23. The number of carbonyl (C=O) groups is 1. The molecule has 2 fully saturated rings. The van der Waals surface area contributed by atoms with Crippen molar-refractivity contribution >= 4 is 30.7 Å². The third-order valence-corrected chi connectivity index (χ3v) is 5.25. The van der Waals surface area contributed by atoms with E-state index in [0.29, 0.717) is 18.1 Å². The average molecular weight is 340 g/mol. The van der Waals surface area contributed by atoms with Crippen LogP contribution in [0.15, 0.2) is 0 Å². The molecule has 0 aliphatic carbocycles. The van der Waals surface area contributed by atoms with Crippen molar-refractivity contribution in [3.8, 4) is 0 Å². The Morgan fingerprint density at radius 1 is 1.29 bits per heavy atom. The molecule has 126 valence electrons. The average Bonchev–Trinajstić information content (AvgIpc) is 2.38. The highest BCUT2D eigenvalue weighted by molar-refractivity contribution is 5.85. The highest BCUT2D eigenvalue weighted by Gasteiger charge is 2.37. The quantitative estimate of drug-likeness (QED) is 0.826. The Kier molecular flexibility index (Phi) is 9.17. The molecule has 0 aromatic heterocycles. The zero-order valence-corrected chi connectivity index (χ0v) is 15.0. The smallest absolute Gasteiger partial charge is 0.237 e. The summed E-state index contributed by atoms with van der Waals surface area (Å²) in [5.41, 5.74) is 6.01. The van der Waals surface area contributed by atoms with Gasteiger partial charge in [-0.25, -0.2) is 0 Å². The fourth-order valence-electron chi connectivity index (χ4n) is 3.54. The van der Waals surface area contributed by atoms with E-state index in [1.165, 1.54) is 19.3 Å². The Bertz CT molecular complexity index is 316. The summed E-state index contributed by atoms with van der Waals surface area (Å²) in [6, 6.07) is 1.27. The molecule has 21 heavy (non-hydrogen) atoms. The first-order valence-electron chi connectivity index (χ1n) is 7.80. The van der Waals surface area contributed by atoms with Gasteiger partial charge in [0, 0.05) is 18.1 Å². The van der Waals surface area contributed by atoms with Crippen LogP contribution in [0, 0.1) is 5.92 Å². The molecule has 2 aliphatic heterocycles. The molecule has 4 nitrogen and oxygen atoms in total. The summed E-state index contributed by atoms with van der Waals surface area (Å²) < 4.78 is 0. The molecule has 0 spiro atoms. The summed E-state index contributed by atoms with van der Waals surface area (Å²) in [5, 5.41) is 3.19. The van der Waals surface area contributed by atoms with Crippen LogP contribution in [0.2, 0.25) is 0 Å². The highest BCUT2D eigenvalue weighted by Crippen LogP contribution is 2.32. The topological polar surface area (TPSA) is 58.4 Å². The number of nitrogens with zero attached hydrogens (tertiary/aromatic N) is 1. The van der Waals surface area contributed by atoms with E-state index < -0.39 is 0 Å². The van der Waals surface area contributed by atoms with E-state index >= 15 is 0 Å². The molecule has 4 atom stereocenters. The van der Waals surface area contributed by atoms with Crippen molar-refractivity contribution in [2.75, 3.05) is 7.05 Å². The van der Waals surface area contributed by atoms with Gasteiger partial charge in [0.25, 0.3) is 0 Å². The lowest BCUT2D eigenvalue weighted by atomic mass is 9.82. The molecule has 6 heteroatoms. The van der Waals surface area contributed by atoms with E-state index in [2.05, 4.69) is 24.2 Å². The van der Waals surface area contributed by atoms with Gasteiger partial charge in [0.05, 0.1) is 6.04 Å². The van der Waals surface area contributed by atoms with E-state index in [0.717, 1.165) is 19.3 Å². The molecule has 0 radical (unpaired) electrons. The second kappa shape index (κ2) is 9.19. The number of carbonyl (C=O) groups excluding carboxylic acids is 1. The molecule has 0 saturated carbocycles. The zero-order chi connectivity index (χ0) is 14.0. The van der Waals surface area contributed by atoms with E-state index in [1.807, 2.05) is 6.92 Å². The molecule has 4 unspecified atom stereocenters. The number of rotatable bonds is 4. The van der Waals surface area contributed by atoms with Gasteiger partial charge in [-0.15, -0.1) is 24.8 Å². The first-order valence-corrected chi connectivity index (χ1v) is 7.80. The van der Waals surface area contributed by atoms with Crippen molar-refractivity contribution in [3.05, 3.63) is 0 Å². The Morgan fingerprint density at radius 2 is 1.81 bits per heavy atom. The van der Waals surface area contributed by atoms with E-state index in [-0.39, 0.29) is 42.7 Å². The predicted molar refractivity (Wildman–Crippen MR) is 92.3 cm³/mol. The molecular weight excluding hydrogens is 309 g/mol.